The van der Waals surface area contributed by atoms with Crippen molar-refractivity contribution in [2.24, 2.45) is 11.0 Å². The Morgan fingerprint density at radius 3 is 2.94 bits per heavy atom. The number of halogens is 1. The number of anilines is 1. The minimum Gasteiger partial charge on any atom is -0.507 e. The third kappa shape index (κ3) is 4.78. The molecule has 0 aliphatic carbocycles. The van der Waals surface area contributed by atoms with Crippen LogP contribution in [0.4, 0.5) is 5.82 Å². The molecule has 2 aromatic heterocycles. The lowest BCUT2D eigenvalue weighted by Crippen LogP contribution is -3.11. The third-order valence-electron chi connectivity index (χ3n) is 5.43. The molecule has 1 aromatic carbocycles. The van der Waals surface area contributed by atoms with Crippen molar-refractivity contribution in [3.8, 4) is 11.6 Å². The van der Waals surface area contributed by atoms with Gasteiger partial charge in [0.25, 0.3) is 5.91 Å². The average Bonchev–Trinajstić information content (AvgIpc) is 3.37. The molecule has 0 unspecified atom stereocenters. The first kappa shape index (κ1) is 21.9. The lowest BCUT2D eigenvalue weighted by molar-refractivity contribution is -0.920. The number of carbonyl (C=O) groups excluding carboxylic acids is 1. The van der Waals surface area contributed by atoms with Crippen LogP contribution in [-0.4, -0.2) is 55.6 Å². The number of nitrogen functional groups attached to an aromatic ring is 1. The molecule has 0 radical (unpaired) electrons. The second-order valence-electron chi connectivity index (χ2n) is 7.78. The number of carbonyl (C=O) groups is 1. The van der Waals surface area contributed by atoms with E-state index >= 15 is 0 Å². The third-order valence-corrected chi connectivity index (χ3v) is 5.93. The van der Waals surface area contributed by atoms with Crippen LogP contribution < -0.4 is 16.1 Å². The maximum Gasteiger partial charge on any atom is 0.294 e. The quantitative estimate of drug-likeness (QED) is 0.274. The molecule has 1 aliphatic rings. The smallest absolute Gasteiger partial charge is 0.294 e. The fourth-order valence-electron chi connectivity index (χ4n) is 3.57. The molecule has 13 heteroatoms. The van der Waals surface area contributed by atoms with Crippen LogP contribution in [0, 0.1) is 5.92 Å². The van der Waals surface area contributed by atoms with Crippen LogP contribution >= 0.6 is 15.9 Å². The number of quaternary nitrogens is 1. The number of rotatable bonds is 6. The van der Waals surface area contributed by atoms with Crippen molar-refractivity contribution in [2.45, 2.75) is 26.3 Å². The van der Waals surface area contributed by atoms with E-state index in [1.807, 2.05) is 0 Å². The van der Waals surface area contributed by atoms with Gasteiger partial charge in [0.1, 0.15) is 18.0 Å². The van der Waals surface area contributed by atoms with Gasteiger partial charge >= 0.3 is 0 Å². The number of hydrogen-bond acceptors (Lipinski definition) is 9. The first-order valence-electron chi connectivity index (χ1n) is 10.1. The Bertz CT molecular complexity index is 1140. The second-order valence-corrected chi connectivity index (χ2v) is 8.70. The molecule has 5 N–H and O–H groups in total. The highest BCUT2D eigenvalue weighted by Crippen LogP contribution is 2.20. The Balaban J connectivity index is 1.57. The zero-order valence-electron chi connectivity index (χ0n) is 17.3. The molecule has 32 heavy (non-hydrogen) atoms. The summed E-state index contributed by atoms with van der Waals surface area (Å²) < 4.78 is 6.85. The topological polar surface area (TPSA) is 162 Å². The highest BCUT2D eigenvalue weighted by molar-refractivity contribution is 9.10. The van der Waals surface area contributed by atoms with Crippen molar-refractivity contribution in [2.75, 3.05) is 18.8 Å². The van der Waals surface area contributed by atoms with Crippen molar-refractivity contribution < 1.29 is 19.4 Å². The van der Waals surface area contributed by atoms with Crippen molar-refractivity contribution in [3.05, 3.63) is 39.6 Å². The molecule has 1 fully saturated rings. The molecule has 4 rings (SSSR count). The number of amides is 1. The van der Waals surface area contributed by atoms with Gasteiger partial charge in [-0.3, -0.25) is 4.79 Å². The zero-order valence-corrected chi connectivity index (χ0v) is 18.9. The van der Waals surface area contributed by atoms with Crippen molar-refractivity contribution in [3.63, 3.8) is 0 Å². The number of phenolic OH excluding ortho intramolecular Hbond substituents is 1. The molecule has 1 saturated heterocycles. The summed E-state index contributed by atoms with van der Waals surface area (Å²) in [6, 6.07) is 4.90. The van der Waals surface area contributed by atoms with Gasteiger partial charge in [-0.1, -0.05) is 28.1 Å². The summed E-state index contributed by atoms with van der Waals surface area (Å²) in [5.74, 6) is 0.405. The summed E-state index contributed by atoms with van der Waals surface area (Å²) in [5.41, 5.74) is 9.36. The number of likely N-dealkylation sites (tertiary alicyclic amines) is 1. The molecule has 0 bridgehead atoms. The van der Waals surface area contributed by atoms with Gasteiger partial charge in [-0.15, -0.1) is 5.10 Å². The molecule has 1 aliphatic heterocycles. The fourth-order valence-corrected chi connectivity index (χ4v) is 3.95. The molecule has 12 nitrogen and oxygen atoms in total. The number of benzene rings is 1. The Morgan fingerprint density at radius 1 is 1.44 bits per heavy atom. The van der Waals surface area contributed by atoms with Gasteiger partial charge in [-0.05, 0) is 47.3 Å². The predicted octanol–water partition coefficient (Wildman–Crippen LogP) is 0.279. The average molecular weight is 505 g/mol. The first-order valence-corrected chi connectivity index (χ1v) is 10.9. The van der Waals surface area contributed by atoms with Crippen LogP contribution in [0.1, 0.15) is 41.5 Å². The van der Waals surface area contributed by atoms with E-state index in [4.69, 9.17) is 10.4 Å². The number of nitrogens with two attached hydrogens (primary N) is 1. The van der Waals surface area contributed by atoms with Crippen LogP contribution in [0.3, 0.4) is 0 Å². The van der Waals surface area contributed by atoms with Gasteiger partial charge in [0.2, 0.25) is 11.6 Å². The van der Waals surface area contributed by atoms with E-state index in [-0.39, 0.29) is 23.1 Å². The lowest BCUT2D eigenvalue weighted by Gasteiger charge is -2.27. The lowest BCUT2D eigenvalue weighted by atomic mass is 9.99. The van der Waals surface area contributed by atoms with Crippen molar-refractivity contribution in [1.29, 1.82) is 0 Å². The SMILES string of the molecule is CC1CC[NH+](Cc2c(C(=O)NN=Cc3cc(Br)ccc3O)nnn2-c2nonc2N)CC1. The van der Waals surface area contributed by atoms with Crippen LogP contribution in [0.2, 0.25) is 0 Å². The van der Waals surface area contributed by atoms with Crippen LogP contribution in [-0.2, 0) is 6.54 Å². The number of nitrogens with zero attached hydrogens (tertiary/aromatic N) is 6. The minimum atomic E-state index is -0.545. The number of nitrogens with one attached hydrogen (secondary N) is 2. The first-order chi connectivity index (χ1) is 15.4. The summed E-state index contributed by atoms with van der Waals surface area (Å²) in [7, 11) is 0. The molecule has 0 spiro atoms. The van der Waals surface area contributed by atoms with E-state index in [0.29, 0.717) is 23.7 Å². The van der Waals surface area contributed by atoms with Gasteiger partial charge in [-0.2, -0.15) is 9.78 Å². The Kier molecular flexibility index (Phi) is 6.46. The van der Waals surface area contributed by atoms with Gasteiger partial charge in [0.15, 0.2) is 5.69 Å². The van der Waals surface area contributed by atoms with E-state index < -0.39 is 5.91 Å². The van der Waals surface area contributed by atoms with E-state index in [1.165, 1.54) is 21.9 Å². The zero-order chi connectivity index (χ0) is 22.7. The Morgan fingerprint density at radius 2 is 2.22 bits per heavy atom. The number of phenols is 1. The second kappa shape index (κ2) is 9.44. The molecule has 168 valence electrons. The number of hydrogen-bond donors (Lipinski definition) is 4. The minimum absolute atomic E-state index is 0.0368. The molecule has 3 aromatic rings. The fraction of sp³-hybridized carbons (Fsp3) is 0.368. The largest absolute Gasteiger partial charge is 0.507 e. The Labute approximate surface area is 191 Å². The van der Waals surface area contributed by atoms with Crippen LogP contribution in [0.15, 0.2) is 32.4 Å². The summed E-state index contributed by atoms with van der Waals surface area (Å²) in [4.78, 5) is 14.2. The maximum atomic E-state index is 12.9. The normalized spacial score (nSPS) is 18.8. The van der Waals surface area contributed by atoms with Crippen molar-refractivity contribution in [1.82, 2.24) is 30.7 Å². The monoisotopic (exact) mass is 504 g/mol. The van der Waals surface area contributed by atoms with Crippen LogP contribution in [0.25, 0.3) is 5.82 Å². The van der Waals surface area contributed by atoms with E-state index in [9.17, 15) is 9.90 Å². The van der Waals surface area contributed by atoms with Gasteiger partial charge in [0.05, 0.1) is 19.3 Å². The molecular weight excluding hydrogens is 482 g/mol. The predicted molar refractivity (Wildman–Crippen MR) is 117 cm³/mol. The van der Waals surface area contributed by atoms with Gasteiger partial charge in [-0.25, -0.2) is 10.1 Å². The molecule has 3 heterocycles. The Hall–Kier alpha value is -3.32. The molecule has 1 amide bonds. The summed E-state index contributed by atoms with van der Waals surface area (Å²) in [5, 5.41) is 29.3. The summed E-state index contributed by atoms with van der Waals surface area (Å²) >= 11 is 3.33. The molecule has 0 atom stereocenters. The highest BCUT2D eigenvalue weighted by atomic mass is 79.9. The van der Waals surface area contributed by atoms with Crippen molar-refractivity contribution >= 4 is 33.9 Å². The molecular formula is C19H23BrN9O3+. The van der Waals surface area contributed by atoms with Crippen LogP contribution in [0.5, 0.6) is 5.75 Å². The van der Waals surface area contributed by atoms with Gasteiger partial charge in [0, 0.05) is 10.0 Å². The number of aromatic hydroxyl groups is 1. The number of aromatic nitrogens is 5. The maximum absolute atomic E-state index is 12.9. The number of hydrazone groups is 1. The number of piperidine rings is 1. The summed E-state index contributed by atoms with van der Waals surface area (Å²) in [6.45, 7) is 4.69. The summed E-state index contributed by atoms with van der Waals surface area (Å²) in [6.07, 6.45) is 3.55. The van der Waals surface area contributed by atoms with E-state index in [2.05, 4.69) is 54.0 Å². The molecule has 0 saturated carbocycles. The van der Waals surface area contributed by atoms with Gasteiger partial charge < -0.3 is 15.7 Å². The standard InChI is InChI=1S/C19H22BrN9O3/c1-11-4-6-28(7-5-11)10-14-16(23-27-29(14)18-17(21)25-32-26-18)19(31)24-22-9-12-8-13(20)2-3-15(12)30/h2-3,8-9,11,30H,4-7,10H2,1H3,(H2,21,25)(H,24,31)/p+1. The van der Waals surface area contributed by atoms with E-state index in [0.717, 1.165) is 30.4 Å². The van der Waals surface area contributed by atoms with E-state index in [1.54, 1.807) is 12.1 Å². The highest BCUT2D eigenvalue weighted by Gasteiger charge is 2.28.